The Bertz CT molecular complexity index is 694. The highest BCUT2D eigenvalue weighted by molar-refractivity contribution is 9.09. The molecule has 156 valence electrons. The second-order valence-corrected chi connectivity index (χ2v) is 7.40. The molecule has 10 nitrogen and oxygen atoms in total. The summed E-state index contributed by atoms with van der Waals surface area (Å²) >= 11 is 4.55. The molecule has 2 aliphatic rings. The Morgan fingerprint density at radius 2 is 2.07 bits per heavy atom. The van der Waals surface area contributed by atoms with Crippen LogP contribution in [0.3, 0.4) is 0 Å². The lowest BCUT2D eigenvalue weighted by Gasteiger charge is -2.47. The van der Waals surface area contributed by atoms with Gasteiger partial charge < -0.3 is 29.6 Å². The smallest absolute Gasteiger partial charge is 0.333 e. The molecular formula is C16H22BrN3O7S. The first-order valence-electron chi connectivity index (χ1n) is 8.49. The van der Waals surface area contributed by atoms with Crippen molar-refractivity contribution >= 4 is 51.2 Å². The van der Waals surface area contributed by atoms with E-state index in [0.29, 0.717) is 0 Å². The summed E-state index contributed by atoms with van der Waals surface area (Å²) in [6.07, 6.45) is 1.31. The molecule has 0 aromatic carbocycles. The fourth-order valence-electron chi connectivity index (χ4n) is 2.80. The number of carbonyl (C=O) groups excluding carboxylic acids is 2. The summed E-state index contributed by atoms with van der Waals surface area (Å²) in [7, 11) is 1.29. The normalized spacial score (nSPS) is 22.1. The molecule has 2 aliphatic heterocycles. The van der Waals surface area contributed by atoms with Crippen molar-refractivity contribution in [3.8, 4) is 0 Å². The van der Waals surface area contributed by atoms with Crippen molar-refractivity contribution in [3.05, 3.63) is 11.8 Å². The maximum Gasteiger partial charge on any atom is 0.333 e. The SMILES string of the molecule is CCOC(CBr)(OCC)C(=NOC)C(=O)NC1C(=O)N2C=C(C(=O)O)CS[C@H]12. The Kier molecular flexibility index (Phi) is 7.87. The van der Waals surface area contributed by atoms with Gasteiger partial charge in [-0.3, -0.25) is 9.59 Å². The summed E-state index contributed by atoms with van der Waals surface area (Å²) in [4.78, 5) is 42.4. The topological polar surface area (TPSA) is 127 Å². The van der Waals surface area contributed by atoms with E-state index in [2.05, 4.69) is 26.4 Å². The molecule has 2 amide bonds. The molecule has 0 aromatic heterocycles. The highest BCUT2D eigenvalue weighted by Gasteiger charge is 2.52. The summed E-state index contributed by atoms with van der Waals surface area (Å²) in [5.74, 6) is -3.39. The van der Waals surface area contributed by atoms with Crippen LogP contribution in [0, 0.1) is 0 Å². The van der Waals surface area contributed by atoms with Crippen LogP contribution >= 0.6 is 27.7 Å². The number of fused-ring (bicyclic) bond motifs is 1. The monoisotopic (exact) mass is 479 g/mol. The van der Waals surface area contributed by atoms with Crippen molar-refractivity contribution in [2.75, 3.05) is 31.4 Å². The average molecular weight is 480 g/mol. The van der Waals surface area contributed by atoms with Gasteiger partial charge in [0.25, 0.3) is 11.8 Å². The van der Waals surface area contributed by atoms with Crippen LogP contribution < -0.4 is 5.32 Å². The third-order valence-electron chi connectivity index (χ3n) is 4.04. The van der Waals surface area contributed by atoms with Gasteiger partial charge in [-0.25, -0.2) is 4.79 Å². The maximum atomic E-state index is 12.9. The number of carboxylic acids is 1. The molecule has 2 rings (SSSR count). The zero-order chi connectivity index (χ0) is 20.9. The number of β-lactam (4-membered cyclic amide) rings is 1. The summed E-state index contributed by atoms with van der Waals surface area (Å²) in [5, 5.41) is 15.2. The predicted molar refractivity (Wildman–Crippen MR) is 105 cm³/mol. The van der Waals surface area contributed by atoms with Crippen molar-refractivity contribution in [3.63, 3.8) is 0 Å². The summed E-state index contributed by atoms with van der Waals surface area (Å²) in [6.45, 7) is 3.99. The lowest BCUT2D eigenvalue weighted by atomic mass is 10.1. The van der Waals surface area contributed by atoms with Gasteiger partial charge in [-0.1, -0.05) is 21.1 Å². The molecule has 1 unspecified atom stereocenters. The molecule has 0 radical (unpaired) electrons. The minimum atomic E-state index is -1.48. The van der Waals surface area contributed by atoms with Gasteiger partial charge in [0, 0.05) is 25.2 Å². The van der Waals surface area contributed by atoms with E-state index in [-0.39, 0.29) is 41.0 Å². The van der Waals surface area contributed by atoms with E-state index in [1.165, 1.54) is 30.0 Å². The highest BCUT2D eigenvalue weighted by atomic mass is 79.9. The number of ether oxygens (including phenoxy) is 2. The van der Waals surface area contributed by atoms with Gasteiger partial charge >= 0.3 is 5.97 Å². The Hall–Kier alpha value is -1.63. The zero-order valence-electron chi connectivity index (χ0n) is 15.6. The van der Waals surface area contributed by atoms with E-state index in [4.69, 9.17) is 19.4 Å². The second kappa shape index (κ2) is 9.72. The fourth-order valence-corrected chi connectivity index (χ4v) is 4.64. The van der Waals surface area contributed by atoms with Gasteiger partial charge in [0.1, 0.15) is 18.5 Å². The van der Waals surface area contributed by atoms with Crippen molar-refractivity contribution in [2.45, 2.75) is 31.1 Å². The number of hydrogen-bond donors (Lipinski definition) is 2. The molecule has 0 aliphatic carbocycles. The molecule has 0 saturated carbocycles. The van der Waals surface area contributed by atoms with Crippen LogP contribution in [-0.2, 0) is 28.7 Å². The number of carbonyl (C=O) groups is 3. The van der Waals surface area contributed by atoms with Crippen LogP contribution in [0.5, 0.6) is 0 Å². The number of nitrogens with one attached hydrogen (secondary N) is 1. The quantitative estimate of drug-likeness (QED) is 0.152. The number of hydrogen-bond acceptors (Lipinski definition) is 8. The lowest BCUT2D eigenvalue weighted by Crippen LogP contribution is -2.70. The molecule has 2 heterocycles. The van der Waals surface area contributed by atoms with E-state index in [1.807, 2.05) is 0 Å². The first kappa shape index (κ1) is 22.7. The van der Waals surface area contributed by atoms with E-state index in [1.54, 1.807) is 13.8 Å². The maximum absolute atomic E-state index is 12.9. The van der Waals surface area contributed by atoms with Crippen LogP contribution in [0.15, 0.2) is 16.9 Å². The Morgan fingerprint density at radius 3 is 2.57 bits per heavy atom. The molecule has 12 heteroatoms. The number of amides is 2. The fraction of sp³-hybridized carbons (Fsp3) is 0.625. The molecular weight excluding hydrogens is 458 g/mol. The van der Waals surface area contributed by atoms with Crippen LogP contribution in [0.1, 0.15) is 13.8 Å². The molecule has 0 bridgehead atoms. The first-order chi connectivity index (χ1) is 13.3. The zero-order valence-corrected chi connectivity index (χ0v) is 18.0. The minimum absolute atomic E-state index is 0.116. The van der Waals surface area contributed by atoms with Gasteiger partial charge in [0.05, 0.1) is 10.9 Å². The molecule has 2 atom stereocenters. The molecule has 2 N–H and O–H groups in total. The number of carboxylic acid groups (broad SMARTS) is 1. The van der Waals surface area contributed by atoms with Crippen molar-refractivity contribution in [1.82, 2.24) is 10.2 Å². The third-order valence-corrected chi connectivity index (χ3v) is 6.09. The van der Waals surface area contributed by atoms with Crippen LogP contribution in [-0.4, -0.2) is 82.1 Å². The van der Waals surface area contributed by atoms with E-state index in [9.17, 15) is 14.4 Å². The van der Waals surface area contributed by atoms with Gasteiger partial charge in [-0.2, -0.15) is 0 Å². The number of halogens is 1. The van der Waals surface area contributed by atoms with Gasteiger partial charge in [-0.05, 0) is 13.8 Å². The molecule has 1 saturated heterocycles. The van der Waals surface area contributed by atoms with E-state index in [0.717, 1.165) is 0 Å². The Morgan fingerprint density at radius 1 is 1.43 bits per heavy atom. The van der Waals surface area contributed by atoms with E-state index < -0.39 is 29.6 Å². The van der Waals surface area contributed by atoms with Gasteiger partial charge in [-0.15, -0.1) is 11.8 Å². The average Bonchev–Trinajstić information content (AvgIpc) is 2.69. The largest absolute Gasteiger partial charge is 0.478 e. The molecule has 28 heavy (non-hydrogen) atoms. The van der Waals surface area contributed by atoms with Crippen LogP contribution in [0.25, 0.3) is 0 Å². The van der Waals surface area contributed by atoms with Crippen molar-refractivity contribution in [2.24, 2.45) is 5.16 Å². The number of nitrogens with zero attached hydrogens (tertiary/aromatic N) is 2. The van der Waals surface area contributed by atoms with Crippen LogP contribution in [0.4, 0.5) is 0 Å². The predicted octanol–water partition coefficient (Wildman–Crippen LogP) is 0.521. The van der Waals surface area contributed by atoms with Crippen LogP contribution in [0.2, 0.25) is 0 Å². The Labute approximate surface area is 174 Å². The number of thioether (sulfide) groups is 1. The van der Waals surface area contributed by atoms with Crippen molar-refractivity contribution in [1.29, 1.82) is 0 Å². The highest BCUT2D eigenvalue weighted by Crippen LogP contribution is 2.36. The number of aliphatic carboxylic acids is 1. The number of oxime groups is 1. The Balaban J connectivity index is 2.19. The van der Waals surface area contributed by atoms with E-state index >= 15 is 0 Å². The molecule has 1 fully saturated rings. The summed E-state index contributed by atoms with van der Waals surface area (Å²) in [5.41, 5.74) is -0.0311. The second-order valence-electron chi connectivity index (χ2n) is 5.73. The third kappa shape index (κ3) is 4.34. The standard InChI is InChI=1S/C16H22BrN3O7S/c1-4-26-16(8-17,27-5-2)11(19-25-3)12(21)18-10-13(22)20-6-9(15(23)24)7-28-14(10)20/h6,10,14H,4-5,7-8H2,1-3H3,(H,18,21)(H,23,24)/t10?,14-/m1/s1. The summed E-state index contributed by atoms with van der Waals surface area (Å²) in [6, 6.07) is -0.817. The molecule has 0 aromatic rings. The molecule has 0 spiro atoms. The van der Waals surface area contributed by atoms with Crippen molar-refractivity contribution < 1.29 is 33.8 Å². The van der Waals surface area contributed by atoms with Gasteiger partial charge in [0.15, 0.2) is 0 Å². The summed E-state index contributed by atoms with van der Waals surface area (Å²) < 4.78 is 11.3. The minimum Gasteiger partial charge on any atom is -0.478 e. The number of rotatable bonds is 10. The lowest BCUT2D eigenvalue weighted by molar-refractivity contribution is -0.171. The number of alkyl halides is 1. The first-order valence-corrected chi connectivity index (χ1v) is 10.7. The van der Waals surface area contributed by atoms with Gasteiger partial charge in [0.2, 0.25) is 11.5 Å².